The highest BCUT2D eigenvalue weighted by atomic mass is 16.5. The molecule has 140 valence electrons. The number of carboxylic acid groups (broad SMARTS) is 1. The van der Waals surface area contributed by atoms with Gasteiger partial charge in [-0.1, -0.05) is 12.1 Å². The number of aliphatic hydroxyl groups is 1. The van der Waals surface area contributed by atoms with Crippen molar-refractivity contribution in [3.05, 3.63) is 54.1 Å². The Hall–Kier alpha value is -2.93. The first-order chi connectivity index (χ1) is 12.5. The van der Waals surface area contributed by atoms with Gasteiger partial charge in [-0.3, -0.25) is 0 Å². The number of benzene rings is 2. The Labute approximate surface area is 152 Å². The Morgan fingerprint density at radius 3 is 2.31 bits per heavy atom. The highest BCUT2D eigenvalue weighted by Gasteiger charge is 2.17. The van der Waals surface area contributed by atoms with Crippen LogP contribution in [-0.2, 0) is 6.42 Å². The monoisotopic (exact) mass is 360 g/mol. The topological polar surface area (TPSA) is 105 Å². The van der Waals surface area contributed by atoms with Gasteiger partial charge in [0.05, 0.1) is 13.7 Å². The summed E-state index contributed by atoms with van der Waals surface area (Å²) < 4.78 is 10.5. The summed E-state index contributed by atoms with van der Waals surface area (Å²) >= 11 is 0. The minimum Gasteiger partial charge on any atom is -0.497 e. The van der Waals surface area contributed by atoms with Gasteiger partial charge in [0.2, 0.25) is 0 Å². The van der Waals surface area contributed by atoms with Crippen molar-refractivity contribution in [2.75, 3.05) is 32.5 Å². The summed E-state index contributed by atoms with van der Waals surface area (Å²) in [5, 5.41) is 19.4. The van der Waals surface area contributed by atoms with E-state index in [0.717, 1.165) is 5.56 Å². The lowest BCUT2D eigenvalue weighted by Crippen LogP contribution is -2.40. The van der Waals surface area contributed by atoms with Crippen LogP contribution in [0.15, 0.2) is 48.5 Å². The molecule has 1 atom stereocenters. The maximum Gasteiger partial charge on any atom is 0.407 e. The lowest BCUT2D eigenvalue weighted by molar-refractivity contribution is 0.0655. The van der Waals surface area contributed by atoms with Crippen LogP contribution in [0.3, 0.4) is 0 Å². The number of hydrogen-bond donors (Lipinski definition) is 3. The second-order valence-electron chi connectivity index (χ2n) is 5.86. The number of rotatable bonds is 9. The van der Waals surface area contributed by atoms with E-state index in [2.05, 4.69) is 0 Å². The smallest absolute Gasteiger partial charge is 0.407 e. The van der Waals surface area contributed by atoms with Gasteiger partial charge in [0, 0.05) is 12.2 Å². The molecular formula is C19H24N2O5. The molecule has 1 amide bonds. The van der Waals surface area contributed by atoms with Crippen LogP contribution in [0.1, 0.15) is 5.56 Å². The number of amides is 1. The van der Waals surface area contributed by atoms with Crippen LogP contribution in [0.25, 0.3) is 0 Å². The van der Waals surface area contributed by atoms with Crippen molar-refractivity contribution in [2.24, 2.45) is 0 Å². The van der Waals surface area contributed by atoms with Gasteiger partial charge in [0.15, 0.2) is 0 Å². The van der Waals surface area contributed by atoms with Crippen LogP contribution in [0, 0.1) is 0 Å². The molecule has 0 heterocycles. The van der Waals surface area contributed by atoms with E-state index in [1.54, 1.807) is 43.5 Å². The molecule has 0 aliphatic rings. The zero-order valence-corrected chi connectivity index (χ0v) is 14.7. The summed E-state index contributed by atoms with van der Waals surface area (Å²) in [6.07, 6.45) is -1.47. The second-order valence-corrected chi connectivity index (χ2v) is 5.86. The first-order valence-electron chi connectivity index (χ1n) is 8.25. The molecule has 2 rings (SSSR count). The van der Waals surface area contributed by atoms with E-state index in [0.29, 0.717) is 23.6 Å². The number of methoxy groups -OCH3 is 1. The van der Waals surface area contributed by atoms with E-state index in [9.17, 15) is 15.0 Å². The Morgan fingerprint density at radius 2 is 1.73 bits per heavy atom. The Balaban J connectivity index is 1.81. The molecule has 0 spiro atoms. The van der Waals surface area contributed by atoms with Gasteiger partial charge in [-0.25, -0.2) is 4.79 Å². The molecule has 0 aromatic heterocycles. The average molecular weight is 360 g/mol. The molecular weight excluding hydrogens is 336 g/mol. The maximum atomic E-state index is 11.4. The fraction of sp³-hybridized carbons (Fsp3) is 0.316. The van der Waals surface area contributed by atoms with Crippen LogP contribution < -0.4 is 15.2 Å². The summed E-state index contributed by atoms with van der Waals surface area (Å²) in [5.41, 5.74) is 7.28. The first-order valence-corrected chi connectivity index (χ1v) is 8.25. The molecule has 4 N–H and O–H groups in total. The third-order valence-electron chi connectivity index (χ3n) is 3.85. The Bertz CT molecular complexity index is 688. The Kier molecular flexibility index (Phi) is 7.11. The lowest BCUT2D eigenvalue weighted by atomic mass is 10.1. The van der Waals surface area contributed by atoms with Gasteiger partial charge < -0.3 is 30.3 Å². The molecule has 7 heteroatoms. The fourth-order valence-corrected chi connectivity index (χ4v) is 2.38. The van der Waals surface area contributed by atoms with Gasteiger partial charge in [-0.05, 0) is 48.4 Å². The summed E-state index contributed by atoms with van der Waals surface area (Å²) in [6.45, 7) is 0.247. The number of aliphatic hydroxyl groups excluding tert-OH is 1. The molecule has 26 heavy (non-hydrogen) atoms. The third kappa shape index (κ3) is 6.18. The summed E-state index contributed by atoms with van der Waals surface area (Å²) in [4.78, 5) is 12.6. The number of carbonyl (C=O) groups is 1. The van der Waals surface area contributed by atoms with Gasteiger partial charge in [-0.2, -0.15) is 0 Å². The normalized spacial score (nSPS) is 11.6. The molecule has 2 aromatic rings. The number of ether oxygens (including phenoxy) is 2. The van der Waals surface area contributed by atoms with E-state index < -0.39 is 12.2 Å². The molecule has 0 aliphatic carbocycles. The molecule has 0 saturated heterocycles. The van der Waals surface area contributed by atoms with Crippen LogP contribution in [-0.4, -0.2) is 54.1 Å². The first kappa shape index (κ1) is 19.4. The number of hydrogen-bond acceptors (Lipinski definition) is 5. The predicted molar refractivity (Wildman–Crippen MR) is 98.7 cm³/mol. The minimum atomic E-state index is -1.08. The second kappa shape index (κ2) is 9.53. The van der Waals surface area contributed by atoms with Crippen molar-refractivity contribution in [2.45, 2.75) is 12.5 Å². The van der Waals surface area contributed by atoms with Crippen molar-refractivity contribution in [1.29, 1.82) is 0 Å². The lowest BCUT2D eigenvalue weighted by Gasteiger charge is -2.22. The largest absolute Gasteiger partial charge is 0.497 e. The maximum absolute atomic E-state index is 11.4. The summed E-state index contributed by atoms with van der Waals surface area (Å²) in [6, 6.07) is 14.2. The van der Waals surface area contributed by atoms with Crippen molar-refractivity contribution >= 4 is 11.8 Å². The van der Waals surface area contributed by atoms with Gasteiger partial charge in [-0.15, -0.1) is 0 Å². The Morgan fingerprint density at radius 1 is 1.12 bits per heavy atom. The summed E-state index contributed by atoms with van der Waals surface area (Å²) in [7, 11) is 1.57. The van der Waals surface area contributed by atoms with Gasteiger partial charge >= 0.3 is 6.09 Å². The molecule has 0 saturated carbocycles. The highest BCUT2D eigenvalue weighted by Crippen LogP contribution is 2.17. The molecule has 0 aliphatic heterocycles. The number of anilines is 1. The number of nitrogen functional groups attached to an aromatic ring is 1. The van der Waals surface area contributed by atoms with E-state index in [1.807, 2.05) is 12.1 Å². The van der Waals surface area contributed by atoms with Crippen molar-refractivity contribution in [3.8, 4) is 11.5 Å². The average Bonchev–Trinajstić information content (AvgIpc) is 2.65. The standard InChI is InChI=1S/C19H24N2O5/c1-25-17-6-8-18(9-7-17)26-13-16(22)12-21(19(23)24)11-10-14-2-4-15(20)5-3-14/h2-9,16,22H,10-13,20H2,1H3,(H,23,24)/t16-/m0/s1. The molecule has 0 bridgehead atoms. The van der Waals surface area contributed by atoms with E-state index in [4.69, 9.17) is 15.2 Å². The number of nitrogens with zero attached hydrogens (tertiary/aromatic N) is 1. The zero-order valence-electron chi connectivity index (χ0n) is 14.7. The molecule has 0 radical (unpaired) electrons. The van der Waals surface area contributed by atoms with Crippen LogP contribution in [0.2, 0.25) is 0 Å². The molecule has 0 unspecified atom stereocenters. The van der Waals surface area contributed by atoms with Crippen LogP contribution >= 0.6 is 0 Å². The van der Waals surface area contributed by atoms with Crippen molar-refractivity contribution in [3.63, 3.8) is 0 Å². The van der Waals surface area contributed by atoms with Crippen LogP contribution in [0.4, 0.5) is 10.5 Å². The SMILES string of the molecule is COc1ccc(OC[C@@H](O)CN(CCc2ccc(N)cc2)C(=O)O)cc1. The van der Waals surface area contributed by atoms with Crippen molar-refractivity contribution in [1.82, 2.24) is 4.90 Å². The van der Waals surface area contributed by atoms with Crippen molar-refractivity contribution < 1.29 is 24.5 Å². The molecule has 0 fully saturated rings. The zero-order chi connectivity index (χ0) is 18.9. The molecule has 7 nitrogen and oxygen atoms in total. The quantitative estimate of drug-likeness (QED) is 0.592. The highest BCUT2D eigenvalue weighted by molar-refractivity contribution is 5.65. The minimum absolute atomic E-state index is 0.00200. The van der Waals surface area contributed by atoms with E-state index in [1.165, 1.54) is 4.90 Å². The number of nitrogens with two attached hydrogens (primary N) is 1. The van der Waals surface area contributed by atoms with Gasteiger partial charge in [0.25, 0.3) is 0 Å². The van der Waals surface area contributed by atoms with E-state index in [-0.39, 0.29) is 19.7 Å². The van der Waals surface area contributed by atoms with Gasteiger partial charge in [0.1, 0.15) is 24.2 Å². The van der Waals surface area contributed by atoms with E-state index >= 15 is 0 Å². The predicted octanol–water partition coefficient (Wildman–Crippen LogP) is 2.24. The fourth-order valence-electron chi connectivity index (χ4n) is 2.38. The van der Waals surface area contributed by atoms with Crippen LogP contribution in [0.5, 0.6) is 11.5 Å². The molecule has 2 aromatic carbocycles. The summed E-state index contributed by atoms with van der Waals surface area (Å²) in [5.74, 6) is 1.28. The third-order valence-corrected chi connectivity index (χ3v) is 3.85.